The molecule has 26 heavy (non-hydrogen) atoms. The summed E-state index contributed by atoms with van der Waals surface area (Å²) in [5.74, 6) is 0.753. The zero-order chi connectivity index (χ0) is 18.1. The molecule has 0 bridgehead atoms. The number of hydrogen-bond donors (Lipinski definition) is 2. The highest BCUT2D eigenvalue weighted by atomic mass is 127. The van der Waals surface area contributed by atoms with Crippen LogP contribution < -0.4 is 10.6 Å². The molecule has 0 aliphatic rings. The minimum absolute atomic E-state index is 0. The van der Waals surface area contributed by atoms with E-state index in [1.165, 1.54) is 5.56 Å². The minimum Gasteiger partial charge on any atom is -0.356 e. The molecule has 0 radical (unpaired) electrons. The number of carbonyl (C=O) groups excluding carboxylic acids is 1. The quantitative estimate of drug-likeness (QED) is 0.388. The molecule has 6 heteroatoms. The first-order valence-corrected chi connectivity index (χ1v) is 8.40. The molecule has 0 unspecified atom stereocenters. The Bertz CT molecular complexity index is 700. The lowest BCUT2D eigenvalue weighted by Crippen LogP contribution is -2.34. The van der Waals surface area contributed by atoms with E-state index in [0.717, 1.165) is 11.3 Å². The van der Waals surface area contributed by atoms with Crippen molar-refractivity contribution >= 4 is 41.5 Å². The SMILES string of the molecule is Cc1ccc(CN=C(NCCC(=O)N(C)C)Nc2ccccc2)cc1.I. The predicted molar refractivity (Wildman–Crippen MR) is 119 cm³/mol. The highest BCUT2D eigenvalue weighted by Gasteiger charge is 2.05. The van der Waals surface area contributed by atoms with Crippen LogP contribution in [0, 0.1) is 6.92 Å². The fraction of sp³-hybridized carbons (Fsp3) is 0.300. The number of benzene rings is 2. The van der Waals surface area contributed by atoms with Crippen LogP contribution in [0.4, 0.5) is 5.69 Å². The molecule has 0 heterocycles. The lowest BCUT2D eigenvalue weighted by Gasteiger charge is -2.14. The lowest BCUT2D eigenvalue weighted by atomic mass is 10.1. The molecular weight excluding hydrogens is 439 g/mol. The second-order valence-corrected chi connectivity index (χ2v) is 6.11. The molecule has 0 atom stereocenters. The fourth-order valence-electron chi connectivity index (χ4n) is 2.17. The summed E-state index contributed by atoms with van der Waals surface area (Å²) in [5, 5.41) is 6.50. The number of nitrogens with one attached hydrogen (secondary N) is 2. The topological polar surface area (TPSA) is 56.7 Å². The van der Waals surface area contributed by atoms with Gasteiger partial charge in [-0.15, -0.1) is 24.0 Å². The van der Waals surface area contributed by atoms with E-state index in [1.54, 1.807) is 19.0 Å². The molecule has 0 fully saturated rings. The van der Waals surface area contributed by atoms with Crippen molar-refractivity contribution in [2.75, 3.05) is 26.0 Å². The number of para-hydroxylation sites is 1. The van der Waals surface area contributed by atoms with Crippen LogP contribution in [0.2, 0.25) is 0 Å². The summed E-state index contributed by atoms with van der Waals surface area (Å²) in [4.78, 5) is 17.9. The van der Waals surface area contributed by atoms with Gasteiger partial charge in [-0.05, 0) is 24.6 Å². The Hall–Kier alpha value is -2.09. The second kappa shape index (κ2) is 11.5. The number of anilines is 1. The van der Waals surface area contributed by atoms with E-state index < -0.39 is 0 Å². The van der Waals surface area contributed by atoms with Gasteiger partial charge in [0.15, 0.2) is 5.96 Å². The fourth-order valence-corrected chi connectivity index (χ4v) is 2.17. The van der Waals surface area contributed by atoms with Gasteiger partial charge in [0.25, 0.3) is 0 Å². The van der Waals surface area contributed by atoms with Gasteiger partial charge in [0.2, 0.25) is 5.91 Å². The standard InChI is InChI=1S/C20H26N4O.HI/c1-16-9-11-17(12-10-16)15-22-20(21-14-13-19(25)24(2)3)23-18-7-5-4-6-8-18;/h4-12H,13-15H2,1-3H3,(H2,21,22,23);1H. The van der Waals surface area contributed by atoms with E-state index in [1.807, 2.05) is 30.3 Å². The van der Waals surface area contributed by atoms with Crippen molar-refractivity contribution in [1.29, 1.82) is 0 Å². The molecule has 2 aromatic carbocycles. The van der Waals surface area contributed by atoms with Crippen LogP contribution in [0.15, 0.2) is 59.6 Å². The molecule has 140 valence electrons. The van der Waals surface area contributed by atoms with Crippen LogP contribution in [-0.4, -0.2) is 37.4 Å². The van der Waals surface area contributed by atoms with Gasteiger partial charge < -0.3 is 15.5 Å². The molecule has 0 saturated heterocycles. The van der Waals surface area contributed by atoms with Gasteiger partial charge in [0, 0.05) is 32.7 Å². The highest BCUT2D eigenvalue weighted by Crippen LogP contribution is 2.07. The molecule has 0 aliphatic carbocycles. The summed E-state index contributed by atoms with van der Waals surface area (Å²) in [5.41, 5.74) is 3.33. The molecule has 2 N–H and O–H groups in total. The Kier molecular flexibility index (Phi) is 9.72. The van der Waals surface area contributed by atoms with Crippen molar-refractivity contribution in [3.05, 3.63) is 65.7 Å². The molecule has 1 amide bonds. The summed E-state index contributed by atoms with van der Waals surface area (Å²) in [6, 6.07) is 18.2. The number of guanidine groups is 1. The van der Waals surface area contributed by atoms with Crippen molar-refractivity contribution in [1.82, 2.24) is 10.2 Å². The smallest absolute Gasteiger partial charge is 0.223 e. The highest BCUT2D eigenvalue weighted by molar-refractivity contribution is 14.0. The predicted octanol–water partition coefficient (Wildman–Crippen LogP) is 3.65. The Labute approximate surface area is 172 Å². The largest absolute Gasteiger partial charge is 0.356 e. The van der Waals surface area contributed by atoms with E-state index in [0.29, 0.717) is 25.5 Å². The minimum atomic E-state index is 0. The van der Waals surface area contributed by atoms with E-state index >= 15 is 0 Å². The Balaban J connectivity index is 0.00000338. The monoisotopic (exact) mass is 466 g/mol. The van der Waals surface area contributed by atoms with Gasteiger partial charge >= 0.3 is 0 Å². The van der Waals surface area contributed by atoms with Gasteiger partial charge in [0.05, 0.1) is 6.54 Å². The molecule has 0 aromatic heterocycles. The van der Waals surface area contributed by atoms with E-state index in [4.69, 9.17) is 0 Å². The summed E-state index contributed by atoms with van der Waals surface area (Å²) < 4.78 is 0. The molecule has 5 nitrogen and oxygen atoms in total. The van der Waals surface area contributed by atoms with Crippen molar-refractivity contribution in [3.63, 3.8) is 0 Å². The summed E-state index contributed by atoms with van der Waals surface area (Å²) in [6.07, 6.45) is 0.424. The first kappa shape index (κ1) is 22.0. The third-order valence-corrected chi connectivity index (χ3v) is 3.71. The zero-order valence-corrected chi connectivity index (χ0v) is 17.9. The Morgan fingerprint density at radius 3 is 2.31 bits per heavy atom. The van der Waals surface area contributed by atoms with Gasteiger partial charge in [0.1, 0.15) is 0 Å². The average molecular weight is 466 g/mol. The number of nitrogens with zero attached hydrogens (tertiary/aromatic N) is 2. The van der Waals surface area contributed by atoms with Gasteiger partial charge in [-0.3, -0.25) is 4.79 Å². The Morgan fingerprint density at radius 2 is 1.69 bits per heavy atom. The zero-order valence-electron chi connectivity index (χ0n) is 15.5. The summed E-state index contributed by atoms with van der Waals surface area (Å²) in [7, 11) is 3.52. The summed E-state index contributed by atoms with van der Waals surface area (Å²) >= 11 is 0. The van der Waals surface area contributed by atoms with Crippen molar-refractivity contribution in [2.45, 2.75) is 19.9 Å². The van der Waals surface area contributed by atoms with Crippen LogP contribution in [-0.2, 0) is 11.3 Å². The van der Waals surface area contributed by atoms with Gasteiger partial charge in [-0.1, -0.05) is 48.0 Å². The normalized spacial score (nSPS) is 10.7. The maximum Gasteiger partial charge on any atom is 0.223 e. The first-order chi connectivity index (χ1) is 12.0. The van der Waals surface area contributed by atoms with Crippen LogP contribution in [0.25, 0.3) is 0 Å². The molecule has 2 rings (SSSR count). The van der Waals surface area contributed by atoms with Crippen molar-refractivity contribution in [2.24, 2.45) is 4.99 Å². The second-order valence-electron chi connectivity index (χ2n) is 6.11. The van der Waals surface area contributed by atoms with Crippen molar-refractivity contribution < 1.29 is 4.79 Å². The van der Waals surface area contributed by atoms with Gasteiger partial charge in [-0.25, -0.2) is 4.99 Å². The van der Waals surface area contributed by atoms with Crippen LogP contribution in [0.5, 0.6) is 0 Å². The first-order valence-electron chi connectivity index (χ1n) is 8.40. The summed E-state index contributed by atoms with van der Waals surface area (Å²) in [6.45, 7) is 3.17. The number of hydrogen-bond acceptors (Lipinski definition) is 2. The molecule has 0 spiro atoms. The van der Waals surface area contributed by atoms with Crippen LogP contribution in [0.1, 0.15) is 17.5 Å². The number of carbonyl (C=O) groups is 1. The lowest BCUT2D eigenvalue weighted by molar-refractivity contribution is -0.128. The molecule has 0 saturated carbocycles. The van der Waals surface area contributed by atoms with E-state index in [-0.39, 0.29) is 29.9 Å². The van der Waals surface area contributed by atoms with E-state index in [9.17, 15) is 4.79 Å². The van der Waals surface area contributed by atoms with Gasteiger partial charge in [-0.2, -0.15) is 0 Å². The van der Waals surface area contributed by atoms with Crippen LogP contribution >= 0.6 is 24.0 Å². The molecule has 0 aliphatic heterocycles. The number of aryl methyl sites for hydroxylation is 1. The third kappa shape index (κ3) is 7.86. The number of amides is 1. The average Bonchev–Trinajstić information content (AvgIpc) is 2.61. The van der Waals surface area contributed by atoms with E-state index in [2.05, 4.69) is 46.8 Å². The molecular formula is C20H27IN4O. The molecule has 2 aromatic rings. The number of halogens is 1. The van der Waals surface area contributed by atoms with Crippen LogP contribution in [0.3, 0.4) is 0 Å². The third-order valence-electron chi connectivity index (χ3n) is 3.71. The van der Waals surface area contributed by atoms with Crippen molar-refractivity contribution in [3.8, 4) is 0 Å². The maximum absolute atomic E-state index is 11.7. The number of rotatable bonds is 6. The number of aliphatic imine (C=N–C) groups is 1. The maximum atomic E-state index is 11.7. The Morgan fingerprint density at radius 1 is 1.04 bits per heavy atom.